The lowest BCUT2D eigenvalue weighted by Gasteiger charge is -2.22. The Kier molecular flexibility index (Phi) is 27.9. The van der Waals surface area contributed by atoms with Gasteiger partial charge in [0.2, 0.25) is 0 Å². The quantitative estimate of drug-likeness (QED) is 0.105. The van der Waals surface area contributed by atoms with Gasteiger partial charge < -0.3 is 10.2 Å². The summed E-state index contributed by atoms with van der Waals surface area (Å²) in [5, 5.41) is 3.33. The van der Waals surface area contributed by atoms with Crippen LogP contribution in [0, 0.1) is 0 Å². The summed E-state index contributed by atoms with van der Waals surface area (Å²) in [6.07, 6.45) is 35.4. The molecule has 0 radical (unpaired) electrons. The molecule has 0 bridgehead atoms. The number of nitrogens with zero attached hydrogens (tertiary/aromatic N) is 1. The van der Waals surface area contributed by atoms with E-state index in [9.17, 15) is 0 Å². The Morgan fingerprint density at radius 2 is 0.969 bits per heavy atom. The van der Waals surface area contributed by atoms with Gasteiger partial charge in [0, 0.05) is 13.1 Å². The monoisotopic (exact) mass is 448 g/mol. The van der Waals surface area contributed by atoms with E-state index >= 15 is 0 Å². The van der Waals surface area contributed by atoms with Gasteiger partial charge >= 0.3 is 0 Å². The van der Waals surface area contributed by atoms with Gasteiger partial charge in [0.25, 0.3) is 0 Å². The fourth-order valence-corrected chi connectivity index (χ4v) is 4.21. The molecule has 0 aliphatic carbocycles. The third kappa shape index (κ3) is 25.7. The minimum Gasteiger partial charge on any atom is -0.318 e. The maximum atomic E-state index is 3.33. The van der Waals surface area contributed by atoms with Crippen molar-refractivity contribution >= 4 is 0 Å². The fourth-order valence-electron chi connectivity index (χ4n) is 4.21. The number of hydrogen-bond donors (Lipinski definition) is 1. The van der Waals surface area contributed by atoms with E-state index in [4.69, 9.17) is 0 Å². The van der Waals surface area contributed by atoms with Crippen LogP contribution in [0.15, 0.2) is 24.3 Å². The third-order valence-electron chi connectivity index (χ3n) is 6.43. The maximum absolute atomic E-state index is 3.33. The lowest BCUT2D eigenvalue weighted by Crippen LogP contribution is -2.32. The van der Waals surface area contributed by atoms with Gasteiger partial charge in [-0.1, -0.05) is 122 Å². The van der Waals surface area contributed by atoms with E-state index in [0.717, 1.165) is 13.0 Å². The fraction of sp³-hybridized carbons (Fsp3) is 0.867. The van der Waals surface area contributed by atoms with Crippen molar-refractivity contribution in [2.45, 2.75) is 136 Å². The summed E-state index contributed by atoms with van der Waals surface area (Å²) < 4.78 is 0. The predicted octanol–water partition coefficient (Wildman–Crippen LogP) is 9.07. The normalized spacial score (nSPS) is 12.1. The van der Waals surface area contributed by atoms with Crippen LogP contribution in [0.4, 0.5) is 0 Å². The van der Waals surface area contributed by atoms with E-state index in [0.29, 0.717) is 0 Å². The summed E-state index contributed by atoms with van der Waals surface area (Å²) in [5.74, 6) is 0. The molecule has 0 aliphatic rings. The summed E-state index contributed by atoms with van der Waals surface area (Å²) in [5.41, 5.74) is 0. The van der Waals surface area contributed by atoms with Crippen molar-refractivity contribution in [1.29, 1.82) is 0 Å². The molecule has 0 unspecified atom stereocenters. The first-order chi connectivity index (χ1) is 15.8. The van der Waals surface area contributed by atoms with Crippen LogP contribution in [-0.2, 0) is 0 Å². The number of allylic oxidation sites excluding steroid dienone is 4. The maximum Gasteiger partial charge on any atom is 0.0107 e. The van der Waals surface area contributed by atoms with Gasteiger partial charge in [0.05, 0.1) is 0 Å². The molecule has 0 aromatic rings. The Hall–Kier alpha value is -0.600. The van der Waals surface area contributed by atoms with Crippen LogP contribution in [0.3, 0.4) is 0 Å². The van der Waals surface area contributed by atoms with E-state index in [1.807, 2.05) is 0 Å². The minimum absolute atomic E-state index is 1.12. The van der Waals surface area contributed by atoms with Gasteiger partial charge in [0.15, 0.2) is 0 Å². The molecule has 32 heavy (non-hydrogen) atoms. The van der Waals surface area contributed by atoms with Crippen molar-refractivity contribution in [3.63, 3.8) is 0 Å². The zero-order valence-electron chi connectivity index (χ0n) is 22.5. The predicted molar refractivity (Wildman–Crippen MR) is 148 cm³/mol. The minimum atomic E-state index is 1.12. The second-order valence-corrected chi connectivity index (χ2v) is 9.65. The van der Waals surface area contributed by atoms with Crippen molar-refractivity contribution in [3.05, 3.63) is 24.3 Å². The molecule has 0 amide bonds. The Morgan fingerprint density at radius 1 is 0.500 bits per heavy atom. The molecule has 0 rings (SSSR count). The van der Waals surface area contributed by atoms with Crippen LogP contribution in [0.1, 0.15) is 136 Å². The van der Waals surface area contributed by atoms with Crippen molar-refractivity contribution < 1.29 is 0 Å². The molecule has 0 fully saturated rings. The Labute approximate surface area is 203 Å². The first-order valence-corrected chi connectivity index (χ1v) is 14.5. The van der Waals surface area contributed by atoms with Crippen molar-refractivity contribution in [2.75, 3.05) is 33.2 Å². The van der Waals surface area contributed by atoms with Crippen molar-refractivity contribution in [2.24, 2.45) is 0 Å². The molecule has 2 nitrogen and oxygen atoms in total. The van der Waals surface area contributed by atoms with E-state index in [-0.39, 0.29) is 0 Å². The molecule has 0 heterocycles. The summed E-state index contributed by atoms with van der Waals surface area (Å²) in [6, 6.07) is 0. The molecule has 0 saturated heterocycles. The summed E-state index contributed by atoms with van der Waals surface area (Å²) in [7, 11) is 2.08. The van der Waals surface area contributed by atoms with Crippen LogP contribution in [0.25, 0.3) is 0 Å². The van der Waals surface area contributed by atoms with E-state index in [2.05, 4.69) is 55.4 Å². The van der Waals surface area contributed by atoms with Crippen LogP contribution in [-0.4, -0.2) is 38.1 Å². The van der Waals surface area contributed by atoms with Gasteiger partial charge in [-0.3, -0.25) is 0 Å². The highest BCUT2D eigenvalue weighted by atomic mass is 15.1. The third-order valence-corrected chi connectivity index (χ3v) is 6.43. The van der Waals surface area contributed by atoms with Crippen LogP contribution in [0.5, 0.6) is 0 Å². The SMILES string of the molecule is CCCC/C=C\C/C=C\CCCCCCCCN(CCCCCCCCCC)CCNC. The van der Waals surface area contributed by atoms with Crippen LogP contribution in [0.2, 0.25) is 0 Å². The van der Waals surface area contributed by atoms with E-state index < -0.39 is 0 Å². The summed E-state index contributed by atoms with van der Waals surface area (Å²) >= 11 is 0. The van der Waals surface area contributed by atoms with E-state index in [1.54, 1.807) is 0 Å². The Bertz CT molecular complexity index is 388. The molecule has 0 atom stereocenters. The van der Waals surface area contributed by atoms with Crippen molar-refractivity contribution in [3.8, 4) is 0 Å². The molecule has 0 aliphatic heterocycles. The number of unbranched alkanes of at least 4 members (excludes halogenated alkanes) is 15. The average Bonchev–Trinajstić information content (AvgIpc) is 2.81. The Balaban J connectivity index is 3.56. The van der Waals surface area contributed by atoms with Crippen molar-refractivity contribution in [1.82, 2.24) is 10.2 Å². The Morgan fingerprint density at radius 3 is 1.50 bits per heavy atom. The highest BCUT2D eigenvalue weighted by Gasteiger charge is 2.04. The smallest absolute Gasteiger partial charge is 0.0107 e. The molecule has 0 aromatic carbocycles. The molecule has 190 valence electrons. The topological polar surface area (TPSA) is 15.3 Å². The molecule has 0 saturated carbocycles. The highest BCUT2D eigenvalue weighted by Crippen LogP contribution is 2.11. The van der Waals surface area contributed by atoms with Crippen LogP contribution >= 0.6 is 0 Å². The largest absolute Gasteiger partial charge is 0.318 e. The molecule has 0 aromatic heterocycles. The number of likely N-dealkylation sites (N-methyl/N-ethyl adjacent to an activating group) is 1. The molecule has 0 spiro atoms. The van der Waals surface area contributed by atoms with Gasteiger partial charge in [-0.05, 0) is 58.7 Å². The number of nitrogens with one attached hydrogen (secondary N) is 1. The number of hydrogen-bond acceptors (Lipinski definition) is 2. The zero-order chi connectivity index (χ0) is 23.4. The molecule has 2 heteroatoms. The van der Waals surface area contributed by atoms with Crippen LogP contribution < -0.4 is 5.32 Å². The van der Waals surface area contributed by atoms with Gasteiger partial charge in [-0.15, -0.1) is 0 Å². The number of rotatable bonds is 26. The zero-order valence-corrected chi connectivity index (χ0v) is 22.5. The van der Waals surface area contributed by atoms with Gasteiger partial charge in [-0.25, -0.2) is 0 Å². The summed E-state index contributed by atoms with van der Waals surface area (Å²) in [4.78, 5) is 2.70. The highest BCUT2D eigenvalue weighted by molar-refractivity contribution is 4.92. The average molecular weight is 449 g/mol. The molecule has 1 N–H and O–H groups in total. The summed E-state index contributed by atoms with van der Waals surface area (Å²) in [6.45, 7) is 9.50. The van der Waals surface area contributed by atoms with E-state index in [1.165, 1.54) is 135 Å². The lowest BCUT2D eigenvalue weighted by atomic mass is 10.1. The second-order valence-electron chi connectivity index (χ2n) is 9.65. The standard InChI is InChI=1S/C30H60N2/c1-4-6-8-10-12-14-15-16-17-18-19-20-22-24-26-29-32(30-27-31-3)28-25-23-21-13-11-9-7-5-2/h10,12,15-16,31H,4-9,11,13-14,17-30H2,1-3H3/b12-10-,16-15-. The lowest BCUT2D eigenvalue weighted by molar-refractivity contribution is 0.262. The van der Waals surface area contributed by atoms with Gasteiger partial charge in [0.1, 0.15) is 0 Å². The second kappa shape index (κ2) is 28.4. The van der Waals surface area contributed by atoms with Gasteiger partial charge in [-0.2, -0.15) is 0 Å². The first-order valence-electron chi connectivity index (χ1n) is 14.5. The molecular weight excluding hydrogens is 388 g/mol. The first kappa shape index (κ1) is 31.4. The molecular formula is C30H60N2.